The van der Waals surface area contributed by atoms with Crippen molar-refractivity contribution in [2.75, 3.05) is 18.4 Å². The van der Waals surface area contributed by atoms with Crippen LogP contribution in [0.2, 0.25) is 0 Å². The van der Waals surface area contributed by atoms with Crippen molar-refractivity contribution in [1.82, 2.24) is 19.9 Å². The highest BCUT2D eigenvalue weighted by molar-refractivity contribution is 7.19. The van der Waals surface area contributed by atoms with Gasteiger partial charge >= 0.3 is 0 Å². The number of thiophene rings is 1. The van der Waals surface area contributed by atoms with Crippen LogP contribution in [0.15, 0.2) is 24.5 Å². The summed E-state index contributed by atoms with van der Waals surface area (Å²) in [6.45, 7) is 5.00. The third-order valence-corrected chi connectivity index (χ3v) is 5.83. The summed E-state index contributed by atoms with van der Waals surface area (Å²) in [5, 5.41) is 3.16. The van der Waals surface area contributed by atoms with E-state index in [-0.39, 0.29) is 18.0 Å². The van der Waals surface area contributed by atoms with Gasteiger partial charge in [-0.3, -0.25) is 9.78 Å². The molecule has 1 fully saturated rings. The van der Waals surface area contributed by atoms with Gasteiger partial charge in [0, 0.05) is 30.2 Å². The number of hydrogen-bond acceptors (Lipinski definition) is 7. The van der Waals surface area contributed by atoms with E-state index in [1.807, 2.05) is 19.9 Å². The molecule has 1 unspecified atom stereocenters. The number of aromatic nitrogens is 3. The molecule has 146 valence electrons. The fourth-order valence-electron chi connectivity index (χ4n) is 3.32. The summed E-state index contributed by atoms with van der Waals surface area (Å²) >= 11 is 1.50. The molecule has 0 spiro atoms. The number of nitrogens with one attached hydrogen (secondary N) is 1. The van der Waals surface area contributed by atoms with E-state index in [0.29, 0.717) is 30.3 Å². The first-order valence-corrected chi connectivity index (χ1v) is 9.92. The van der Waals surface area contributed by atoms with Crippen LogP contribution in [0.4, 0.5) is 10.3 Å². The minimum atomic E-state index is -0.405. The normalized spacial score (nSPS) is 17.9. The van der Waals surface area contributed by atoms with E-state index in [4.69, 9.17) is 5.73 Å². The monoisotopic (exact) mass is 400 g/mol. The maximum Gasteiger partial charge on any atom is 0.274 e. The third-order valence-electron chi connectivity index (χ3n) is 4.78. The van der Waals surface area contributed by atoms with Crippen molar-refractivity contribution < 1.29 is 9.18 Å². The molecular weight excluding hydrogens is 379 g/mol. The number of nitrogens with zero attached hydrogens (tertiary/aromatic N) is 4. The van der Waals surface area contributed by atoms with Gasteiger partial charge in [-0.15, -0.1) is 11.3 Å². The Bertz CT molecular complexity index is 1040. The molecule has 0 aliphatic carbocycles. The topological polar surface area (TPSA) is 97.0 Å². The van der Waals surface area contributed by atoms with Crippen molar-refractivity contribution in [3.63, 3.8) is 0 Å². The van der Waals surface area contributed by atoms with Crippen LogP contribution < -0.4 is 11.1 Å². The number of anilines is 1. The molecule has 1 amide bonds. The molecule has 28 heavy (non-hydrogen) atoms. The average Bonchev–Trinajstić information content (AvgIpc) is 3.25. The lowest BCUT2D eigenvalue weighted by Crippen LogP contribution is -2.32. The number of likely N-dealkylation sites (tertiary alicyclic amines) is 1. The maximum absolute atomic E-state index is 13.5. The van der Waals surface area contributed by atoms with Gasteiger partial charge in [0.25, 0.3) is 5.91 Å². The maximum atomic E-state index is 13.5. The second-order valence-corrected chi connectivity index (χ2v) is 8.33. The van der Waals surface area contributed by atoms with Crippen molar-refractivity contribution in [2.45, 2.75) is 32.4 Å². The summed E-state index contributed by atoms with van der Waals surface area (Å²) in [4.78, 5) is 28.8. The van der Waals surface area contributed by atoms with Gasteiger partial charge in [0.15, 0.2) is 5.69 Å². The molecule has 3 aromatic heterocycles. The smallest absolute Gasteiger partial charge is 0.274 e. The second-order valence-electron chi connectivity index (χ2n) is 7.07. The molecule has 0 aromatic carbocycles. The molecule has 2 atom stereocenters. The van der Waals surface area contributed by atoms with Crippen LogP contribution in [0.3, 0.4) is 0 Å². The van der Waals surface area contributed by atoms with E-state index in [0.717, 1.165) is 27.7 Å². The minimum Gasteiger partial charge on any atom is -0.348 e. The average molecular weight is 400 g/mol. The minimum absolute atomic E-state index is 0.00412. The van der Waals surface area contributed by atoms with Crippen LogP contribution in [0.25, 0.3) is 10.2 Å². The number of carbonyl (C=O) groups excluding carboxylic acids is 1. The van der Waals surface area contributed by atoms with Crippen molar-refractivity contribution in [1.29, 1.82) is 0 Å². The first-order chi connectivity index (χ1) is 13.4. The molecule has 4 rings (SSSR count). The lowest BCUT2D eigenvalue weighted by Gasteiger charge is -2.18. The van der Waals surface area contributed by atoms with Crippen LogP contribution in [0, 0.1) is 12.7 Å². The summed E-state index contributed by atoms with van der Waals surface area (Å²) in [5.41, 5.74) is 7.73. The number of amides is 1. The van der Waals surface area contributed by atoms with Crippen molar-refractivity contribution in [3.05, 3.63) is 46.5 Å². The highest BCUT2D eigenvalue weighted by Gasteiger charge is 2.28. The molecule has 4 heterocycles. The molecule has 1 saturated heterocycles. The molecule has 3 N–H and O–H groups in total. The number of nitrogens with two attached hydrogens (primary N) is 1. The van der Waals surface area contributed by atoms with Gasteiger partial charge < -0.3 is 16.0 Å². The van der Waals surface area contributed by atoms with Gasteiger partial charge in [0.05, 0.1) is 22.5 Å². The molecule has 1 aliphatic heterocycles. The third kappa shape index (κ3) is 3.67. The van der Waals surface area contributed by atoms with E-state index < -0.39 is 5.82 Å². The number of carbonyl (C=O) groups is 1. The van der Waals surface area contributed by atoms with E-state index in [1.165, 1.54) is 17.4 Å². The van der Waals surface area contributed by atoms with Crippen LogP contribution in [0.1, 0.15) is 40.3 Å². The van der Waals surface area contributed by atoms with Crippen LogP contribution >= 0.6 is 11.3 Å². The number of aryl methyl sites for hydroxylation is 1. The van der Waals surface area contributed by atoms with Gasteiger partial charge in [-0.25, -0.2) is 14.4 Å². The Labute approximate surface area is 165 Å². The highest BCUT2D eigenvalue weighted by atomic mass is 32.1. The highest BCUT2D eigenvalue weighted by Crippen LogP contribution is 2.29. The summed E-state index contributed by atoms with van der Waals surface area (Å²) < 4.78 is 14.2. The molecule has 3 aromatic rings. The fraction of sp³-hybridized carbons (Fsp3) is 0.368. The summed E-state index contributed by atoms with van der Waals surface area (Å²) in [6.07, 6.45) is 3.54. The van der Waals surface area contributed by atoms with E-state index >= 15 is 0 Å². The van der Waals surface area contributed by atoms with Gasteiger partial charge in [-0.05, 0) is 38.0 Å². The Balaban J connectivity index is 1.68. The Morgan fingerprint density at radius 1 is 1.39 bits per heavy atom. The van der Waals surface area contributed by atoms with Crippen LogP contribution in [-0.2, 0) is 0 Å². The standard InChI is InChI=1S/C19H21FN6OS/c1-10-5-15-17(28-10)16(18(27)26-4-3-14(21)9-26)25-19(24-15)23-11(2)12-6-13(20)8-22-7-12/h5-8,11,14H,3-4,9,21H2,1-2H3,(H,23,24,25)/t11?,14-/m0/s1. The van der Waals surface area contributed by atoms with Gasteiger partial charge in [-0.1, -0.05) is 0 Å². The zero-order chi connectivity index (χ0) is 19.8. The largest absolute Gasteiger partial charge is 0.348 e. The van der Waals surface area contributed by atoms with Crippen LogP contribution in [-0.4, -0.2) is 44.9 Å². The predicted octanol–water partition coefficient (Wildman–Crippen LogP) is 2.88. The summed E-state index contributed by atoms with van der Waals surface area (Å²) in [7, 11) is 0. The lowest BCUT2D eigenvalue weighted by molar-refractivity contribution is 0.0787. The number of fused-ring (bicyclic) bond motifs is 1. The number of pyridine rings is 1. The van der Waals surface area contributed by atoms with E-state index in [2.05, 4.69) is 20.3 Å². The Morgan fingerprint density at radius 3 is 2.93 bits per heavy atom. The van der Waals surface area contributed by atoms with Gasteiger partial charge in [0.1, 0.15) is 5.82 Å². The molecular formula is C19H21FN6OS. The number of rotatable bonds is 4. The molecule has 7 nitrogen and oxygen atoms in total. The zero-order valence-electron chi connectivity index (χ0n) is 15.6. The van der Waals surface area contributed by atoms with Crippen LogP contribution in [0.5, 0.6) is 0 Å². The first kappa shape index (κ1) is 18.7. The van der Waals surface area contributed by atoms with Gasteiger partial charge in [-0.2, -0.15) is 0 Å². The Hall–Kier alpha value is -2.65. The van der Waals surface area contributed by atoms with E-state index in [1.54, 1.807) is 11.1 Å². The summed E-state index contributed by atoms with van der Waals surface area (Å²) in [5.74, 6) is -0.212. The zero-order valence-corrected chi connectivity index (χ0v) is 16.5. The molecule has 0 saturated carbocycles. The number of hydrogen-bond donors (Lipinski definition) is 2. The van der Waals surface area contributed by atoms with Crippen molar-refractivity contribution >= 4 is 33.4 Å². The Kier molecular flexibility index (Phi) is 4.94. The fourth-order valence-corrected chi connectivity index (χ4v) is 4.25. The molecule has 9 heteroatoms. The van der Waals surface area contributed by atoms with Crippen molar-refractivity contribution in [3.8, 4) is 0 Å². The van der Waals surface area contributed by atoms with Gasteiger partial charge in [0.2, 0.25) is 5.95 Å². The molecule has 0 bridgehead atoms. The van der Waals surface area contributed by atoms with E-state index in [9.17, 15) is 9.18 Å². The number of halogens is 1. The quantitative estimate of drug-likeness (QED) is 0.699. The second kappa shape index (κ2) is 7.40. The predicted molar refractivity (Wildman–Crippen MR) is 107 cm³/mol. The molecule has 0 radical (unpaired) electrons. The lowest BCUT2D eigenvalue weighted by atomic mass is 10.1. The first-order valence-electron chi connectivity index (χ1n) is 9.10. The SMILES string of the molecule is Cc1cc2nc(NC(C)c3cncc(F)c3)nc(C(=O)N3CC[C@H](N)C3)c2s1. The van der Waals surface area contributed by atoms with Crippen molar-refractivity contribution in [2.24, 2.45) is 5.73 Å². The summed E-state index contributed by atoms with van der Waals surface area (Å²) in [6, 6.07) is 3.08. The molecule has 1 aliphatic rings. The Morgan fingerprint density at radius 2 is 2.21 bits per heavy atom.